The number of tetrazole rings is 1. The maximum atomic E-state index is 14.1. The molecule has 1 saturated heterocycles. The summed E-state index contributed by atoms with van der Waals surface area (Å²) < 4.78 is 20.8. The lowest BCUT2D eigenvalue weighted by Gasteiger charge is -2.35. The number of hydrogen-bond acceptors (Lipinski definition) is 7. The summed E-state index contributed by atoms with van der Waals surface area (Å²) in [4.78, 5) is 27.8. The Bertz CT molecular complexity index is 859. The number of nitrogens with zero attached hydrogens (tertiary/aromatic N) is 6. The van der Waals surface area contributed by atoms with Crippen LogP contribution in [0.3, 0.4) is 0 Å². The molecule has 156 valence electrons. The minimum Gasteiger partial charge on any atom is -0.444 e. The van der Waals surface area contributed by atoms with Gasteiger partial charge in [-0.3, -0.25) is 4.79 Å². The van der Waals surface area contributed by atoms with Gasteiger partial charge in [0.1, 0.15) is 17.7 Å². The number of carbonyl (C=O) groups excluding carboxylic acids is 2. The van der Waals surface area contributed by atoms with E-state index in [2.05, 4.69) is 20.8 Å². The fraction of sp³-hybridized carbons (Fsp3) is 0.500. The van der Waals surface area contributed by atoms with Crippen molar-refractivity contribution in [3.05, 3.63) is 30.3 Å². The molecule has 0 unspecified atom stereocenters. The van der Waals surface area contributed by atoms with Gasteiger partial charge in [0.05, 0.1) is 17.9 Å². The molecule has 0 bridgehead atoms. The number of ether oxygens (including phenoxy) is 1. The van der Waals surface area contributed by atoms with Crippen LogP contribution in [0.25, 0.3) is 5.69 Å². The van der Waals surface area contributed by atoms with E-state index in [9.17, 15) is 14.0 Å². The van der Waals surface area contributed by atoms with Crippen LogP contribution in [0.4, 0.5) is 14.9 Å². The third-order valence-corrected chi connectivity index (χ3v) is 4.28. The predicted octanol–water partition coefficient (Wildman–Crippen LogP) is 1.29. The van der Waals surface area contributed by atoms with Crippen molar-refractivity contribution >= 4 is 17.7 Å². The standard InChI is InChI=1S/C18H24FN7O3/c1-18(2,3)29-17(28)25-8-6-24(7-9-25)16(27)11-20-15-10-13(4-5-14(15)19)26-12-21-22-23-26/h4-5,10,12,20H,6-9,11H2,1-3H3. The summed E-state index contributed by atoms with van der Waals surface area (Å²) >= 11 is 0. The zero-order chi connectivity index (χ0) is 21.0. The second-order valence-electron chi connectivity index (χ2n) is 7.62. The van der Waals surface area contributed by atoms with Gasteiger partial charge in [-0.2, -0.15) is 0 Å². The average molecular weight is 405 g/mol. The van der Waals surface area contributed by atoms with Crippen LogP contribution in [-0.4, -0.2) is 80.3 Å². The van der Waals surface area contributed by atoms with Gasteiger partial charge in [0.25, 0.3) is 0 Å². The highest BCUT2D eigenvalue weighted by molar-refractivity contribution is 5.81. The van der Waals surface area contributed by atoms with Crippen molar-refractivity contribution in [1.82, 2.24) is 30.0 Å². The first-order valence-corrected chi connectivity index (χ1v) is 9.25. The second-order valence-corrected chi connectivity index (χ2v) is 7.62. The largest absolute Gasteiger partial charge is 0.444 e. The molecule has 10 nitrogen and oxygen atoms in total. The van der Waals surface area contributed by atoms with E-state index in [-0.39, 0.29) is 24.2 Å². The molecule has 2 aromatic rings. The highest BCUT2D eigenvalue weighted by Crippen LogP contribution is 2.18. The van der Waals surface area contributed by atoms with Gasteiger partial charge in [0.15, 0.2) is 0 Å². The van der Waals surface area contributed by atoms with Crippen LogP contribution in [0.1, 0.15) is 20.8 Å². The van der Waals surface area contributed by atoms with Crippen molar-refractivity contribution in [1.29, 1.82) is 0 Å². The Morgan fingerprint density at radius 2 is 1.86 bits per heavy atom. The van der Waals surface area contributed by atoms with Crippen LogP contribution < -0.4 is 5.32 Å². The molecule has 2 amide bonds. The van der Waals surface area contributed by atoms with Crippen molar-refractivity contribution in [3.8, 4) is 5.69 Å². The van der Waals surface area contributed by atoms with Crippen LogP contribution in [0.5, 0.6) is 0 Å². The molecule has 11 heteroatoms. The molecule has 29 heavy (non-hydrogen) atoms. The molecule has 0 aliphatic carbocycles. The molecule has 0 saturated carbocycles. The fourth-order valence-corrected chi connectivity index (χ4v) is 2.82. The molecule has 1 aromatic carbocycles. The van der Waals surface area contributed by atoms with E-state index in [0.29, 0.717) is 31.9 Å². The minimum absolute atomic E-state index is 0.0670. The van der Waals surface area contributed by atoms with Crippen molar-refractivity contribution in [2.24, 2.45) is 0 Å². The highest BCUT2D eigenvalue weighted by atomic mass is 19.1. The first-order chi connectivity index (χ1) is 13.7. The zero-order valence-electron chi connectivity index (χ0n) is 16.6. The zero-order valence-corrected chi connectivity index (χ0v) is 16.6. The van der Waals surface area contributed by atoms with Crippen molar-refractivity contribution in [2.45, 2.75) is 26.4 Å². The molecule has 0 spiro atoms. The number of carbonyl (C=O) groups is 2. The van der Waals surface area contributed by atoms with Crippen LogP contribution in [0, 0.1) is 5.82 Å². The Morgan fingerprint density at radius 3 is 2.48 bits per heavy atom. The van der Waals surface area contributed by atoms with Gasteiger partial charge in [-0.05, 0) is 49.4 Å². The summed E-state index contributed by atoms with van der Waals surface area (Å²) in [7, 11) is 0. The van der Waals surface area contributed by atoms with Gasteiger partial charge in [0.2, 0.25) is 5.91 Å². The molecule has 1 N–H and O–H groups in total. The van der Waals surface area contributed by atoms with E-state index in [1.807, 2.05) is 20.8 Å². The SMILES string of the molecule is CC(C)(C)OC(=O)N1CCN(C(=O)CNc2cc(-n3cnnn3)ccc2F)CC1. The summed E-state index contributed by atoms with van der Waals surface area (Å²) in [6.07, 6.45) is 1.01. The number of amides is 2. The molecule has 0 radical (unpaired) electrons. The quantitative estimate of drug-likeness (QED) is 0.817. The van der Waals surface area contributed by atoms with Gasteiger partial charge < -0.3 is 19.9 Å². The van der Waals surface area contributed by atoms with E-state index in [1.54, 1.807) is 9.80 Å². The van der Waals surface area contributed by atoms with E-state index in [0.717, 1.165) is 0 Å². The first kappa shape index (κ1) is 20.5. The Kier molecular flexibility index (Phi) is 5.95. The Labute approximate surface area is 167 Å². The number of halogens is 1. The fourth-order valence-electron chi connectivity index (χ4n) is 2.82. The monoisotopic (exact) mass is 405 g/mol. The molecule has 1 aliphatic heterocycles. The normalized spacial score (nSPS) is 14.6. The number of nitrogens with one attached hydrogen (secondary N) is 1. The minimum atomic E-state index is -0.561. The maximum absolute atomic E-state index is 14.1. The number of rotatable bonds is 4. The Morgan fingerprint density at radius 1 is 1.17 bits per heavy atom. The number of hydrogen-bond donors (Lipinski definition) is 1. The topological polar surface area (TPSA) is 105 Å². The van der Waals surface area contributed by atoms with E-state index in [4.69, 9.17) is 4.74 Å². The smallest absolute Gasteiger partial charge is 0.410 e. The van der Waals surface area contributed by atoms with Crippen LogP contribution >= 0.6 is 0 Å². The summed E-state index contributed by atoms with van der Waals surface area (Å²) in [5, 5.41) is 13.7. The van der Waals surface area contributed by atoms with E-state index in [1.165, 1.54) is 29.2 Å². The molecule has 2 heterocycles. The second kappa shape index (κ2) is 8.41. The molecule has 1 aromatic heterocycles. The van der Waals surface area contributed by atoms with Gasteiger partial charge in [-0.1, -0.05) is 0 Å². The van der Waals surface area contributed by atoms with Crippen molar-refractivity contribution in [2.75, 3.05) is 38.0 Å². The first-order valence-electron chi connectivity index (χ1n) is 9.25. The summed E-state index contributed by atoms with van der Waals surface area (Å²) in [6.45, 7) is 6.94. The van der Waals surface area contributed by atoms with Gasteiger partial charge in [-0.25, -0.2) is 13.9 Å². The number of anilines is 1. The van der Waals surface area contributed by atoms with E-state index >= 15 is 0 Å². The Balaban J connectivity index is 1.52. The molecule has 3 rings (SSSR count). The molecular weight excluding hydrogens is 381 g/mol. The maximum Gasteiger partial charge on any atom is 0.410 e. The summed E-state index contributed by atoms with van der Waals surface area (Å²) in [5.41, 5.74) is 0.186. The summed E-state index contributed by atoms with van der Waals surface area (Å²) in [5.74, 6) is -0.662. The predicted molar refractivity (Wildman–Crippen MR) is 102 cm³/mol. The summed E-state index contributed by atoms with van der Waals surface area (Å²) in [6, 6.07) is 4.34. The average Bonchev–Trinajstić information content (AvgIpc) is 3.20. The van der Waals surface area contributed by atoms with Gasteiger partial charge in [0, 0.05) is 26.2 Å². The third kappa shape index (κ3) is 5.39. The van der Waals surface area contributed by atoms with Crippen molar-refractivity contribution in [3.63, 3.8) is 0 Å². The molecule has 1 aliphatic rings. The lowest BCUT2D eigenvalue weighted by molar-refractivity contribution is -0.131. The van der Waals surface area contributed by atoms with Gasteiger partial charge >= 0.3 is 6.09 Å². The van der Waals surface area contributed by atoms with Crippen LogP contribution in [0.2, 0.25) is 0 Å². The van der Waals surface area contributed by atoms with Gasteiger partial charge in [-0.15, -0.1) is 5.10 Å². The molecule has 1 fully saturated rings. The number of benzene rings is 1. The third-order valence-electron chi connectivity index (χ3n) is 4.28. The number of piperazine rings is 1. The molecular formula is C18H24FN7O3. The highest BCUT2D eigenvalue weighted by Gasteiger charge is 2.27. The van der Waals surface area contributed by atoms with E-state index < -0.39 is 11.4 Å². The Hall–Kier alpha value is -3.24. The van der Waals surface area contributed by atoms with Crippen LogP contribution in [0.15, 0.2) is 24.5 Å². The number of aromatic nitrogens is 4. The lowest BCUT2D eigenvalue weighted by atomic mass is 10.2. The molecule has 0 atom stereocenters. The van der Waals surface area contributed by atoms with Crippen LogP contribution in [-0.2, 0) is 9.53 Å². The lowest BCUT2D eigenvalue weighted by Crippen LogP contribution is -2.52. The van der Waals surface area contributed by atoms with Crippen molar-refractivity contribution < 1.29 is 18.7 Å².